The van der Waals surface area contributed by atoms with Crippen molar-refractivity contribution in [3.8, 4) is 11.4 Å². The minimum absolute atomic E-state index is 0.123. The van der Waals surface area contributed by atoms with Gasteiger partial charge in [-0.25, -0.2) is 9.37 Å². The van der Waals surface area contributed by atoms with E-state index in [1.807, 2.05) is 75.1 Å². The fourth-order valence-electron chi connectivity index (χ4n) is 4.64. The first kappa shape index (κ1) is 24.9. The lowest BCUT2D eigenvalue weighted by atomic mass is 10.0. The van der Waals surface area contributed by atoms with Crippen molar-refractivity contribution in [1.82, 2.24) is 25.0 Å². The lowest BCUT2D eigenvalue weighted by molar-refractivity contribution is -0.137. The first-order valence-corrected chi connectivity index (χ1v) is 12.5. The molecule has 0 aliphatic carbocycles. The molecule has 1 amide bonds. The van der Waals surface area contributed by atoms with Crippen LogP contribution in [0.5, 0.6) is 0 Å². The number of anilines is 1. The zero-order valence-corrected chi connectivity index (χ0v) is 21.0. The third kappa shape index (κ3) is 5.37. The monoisotopic (exact) mass is 478 g/mol. The summed E-state index contributed by atoms with van der Waals surface area (Å²) in [6.45, 7) is 12.1. The summed E-state index contributed by atoms with van der Waals surface area (Å²) in [5.41, 5.74) is 2.22. The number of hydrogen-bond acceptors (Lipinski definition) is 5. The summed E-state index contributed by atoms with van der Waals surface area (Å²) in [5.74, 6) is 1.35. The third-order valence-electron chi connectivity index (χ3n) is 6.70. The molecule has 1 fully saturated rings. The highest BCUT2D eigenvalue weighted by Crippen LogP contribution is 2.29. The smallest absolute Gasteiger partial charge is 0.244 e. The zero-order chi connectivity index (χ0) is 24.9. The van der Waals surface area contributed by atoms with Gasteiger partial charge in [0.15, 0.2) is 5.82 Å². The summed E-state index contributed by atoms with van der Waals surface area (Å²) in [4.78, 5) is 24.1. The Balaban J connectivity index is 1.49. The van der Waals surface area contributed by atoms with Crippen LogP contribution in [0.3, 0.4) is 0 Å². The molecule has 35 heavy (non-hydrogen) atoms. The molecule has 8 heteroatoms. The largest absolute Gasteiger partial charge is 0.367 e. The summed E-state index contributed by atoms with van der Waals surface area (Å²) < 4.78 is 15.2. The molecule has 0 radical (unpaired) electrons. The maximum atomic E-state index is 15.2. The van der Waals surface area contributed by atoms with Crippen LogP contribution in [0.4, 0.5) is 10.1 Å². The van der Waals surface area contributed by atoms with Gasteiger partial charge in [-0.3, -0.25) is 14.8 Å². The number of aromatic amines is 1. The SMILES string of the molecule is CCN(CC)C(=O)C(c1ccccc1)N1CCN(c2ccc(-c3n[nH]c(C(C)C)n3)cc2F)CC1. The number of benzene rings is 2. The van der Waals surface area contributed by atoms with Crippen LogP contribution < -0.4 is 4.90 Å². The fourth-order valence-corrected chi connectivity index (χ4v) is 4.64. The Bertz CT molecular complexity index is 1120. The van der Waals surface area contributed by atoms with Gasteiger partial charge in [-0.15, -0.1) is 0 Å². The Hall–Kier alpha value is -3.26. The molecule has 1 aliphatic rings. The Morgan fingerprint density at radius 2 is 1.74 bits per heavy atom. The second kappa shape index (κ2) is 11.0. The normalized spacial score (nSPS) is 15.4. The highest BCUT2D eigenvalue weighted by molar-refractivity contribution is 5.83. The van der Waals surface area contributed by atoms with E-state index in [1.165, 1.54) is 6.07 Å². The average molecular weight is 479 g/mol. The number of rotatable bonds is 8. The van der Waals surface area contributed by atoms with Gasteiger partial charge in [-0.2, -0.15) is 5.10 Å². The Morgan fingerprint density at radius 1 is 1.06 bits per heavy atom. The molecular weight excluding hydrogens is 443 g/mol. The quantitative estimate of drug-likeness (QED) is 0.518. The minimum atomic E-state index is -0.327. The van der Waals surface area contributed by atoms with Crippen molar-refractivity contribution in [2.24, 2.45) is 0 Å². The van der Waals surface area contributed by atoms with E-state index >= 15 is 4.39 Å². The van der Waals surface area contributed by atoms with Gasteiger partial charge in [0.1, 0.15) is 17.7 Å². The van der Waals surface area contributed by atoms with Crippen LogP contribution in [-0.4, -0.2) is 70.2 Å². The van der Waals surface area contributed by atoms with Crippen LogP contribution in [0.25, 0.3) is 11.4 Å². The van der Waals surface area contributed by atoms with Crippen molar-refractivity contribution in [3.05, 3.63) is 65.7 Å². The van der Waals surface area contributed by atoms with E-state index in [0.717, 1.165) is 11.4 Å². The molecule has 186 valence electrons. The van der Waals surface area contributed by atoms with Crippen molar-refractivity contribution in [3.63, 3.8) is 0 Å². The number of carbonyl (C=O) groups is 1. The molecule has 1 atom stereocenters. The Labute approximate surface area is 207 Å². The van der Waals surface area contributed by atoms with Crippen LogP contribution in [-0.2, 0) is 4.79 Å². The van der Waals surface area contributed by atoms with Crippen LogP contribution in [0.1, 0.15) is 51.0 Å². The third-order valence-corrected chi connectivity index (χ3v) is 6.70. The zero-order valence-electron chi connectivity index (χ0n) is 21.0. The number of likely N-dealkylation sites (N-methyl/N-ethyl adjacent to an activating group) is 1. The fraction of sp³-hybridized carbons (Fsp3) is 0.444. The Kier molecular flexibility index (Phi) is 7.80. The highest BCUT2D eigenvalue weighted by atomic mass is 19.1. The maximum absolute atomic E-state index is 15.2. The molecular formula is C27H35FN6O. The number of piperazine rings is 1. The lowest BCUT2D eigenvalue weighted by Crippen LogP contribution is -2.51. The Morgan fingerprint density at radius 3 is 2.31 bits per heavy atom. The molecule has 1 aliphatic heterocycles. The van der Waals surface area contributed by atoms with Crippen LogP contribution >= 0.6 is 0 Å². The van der Waals surface area contributed by atoms with Gasteiger partial charge in [0.05, 0.1) is 5.69 Å². The molecule has 1 saturated heterocycles. The van der Waals surface area contributed by atoms with Crippen molar-refractivity contribution in [1.29, 1.82) is 0 Å². The molecule has 4 rings (SSSR count). The standard InChI is InChI=1S/C27H35FN6O/c1-5-32(6-2)27(35)24(20-10-8-7-9-11-20)34-16-14-33(15-17-34)23-13-12-21(18-22(23)28)26-29-25(19(3)4)30-31-26/h7-13,18-19,24H,5-6,14-17H2,1-4H3,(H,29,30,31). The second-order valence-electron chi connectivity index (χ2n) is 9.21. The number of nitrogens with zero attached hydrogens (tertiary/aromatic N) is 5. The molecule has 0 saturated carbocycles. The van der Waals surface area contributed by atoms with Gasteiger partial charge in [0.2, 0.25) is 5.91 Å². The summed E-state index contributed by atoms with van der Waals surface area (Å²) in [7, 11) is 0. The van der Waals surface area contributed by atoms with E-state index < -0.39 is 0 Å². The molecule has 0 spiro atoms. The molecule has 1 N–H and O–H groups in total. The number of amides is 1. The first-order valence-electron chi connectivity index (χ1n) is 12.5. The van der Waals surface area contributed by atoms with Crippen molar-refractivity contribution in [2.45, 2.75) is 39.7 Å². The van der Waals surface area contributed by atoms with Gasteiger partial charge in [-0.05, 0) is 37.6 Å². The van der Waals surface area contributed by atoms with Crippen LogP contribution in [0.2, 0.25) is 0 Å². The van der Waals surface area contributed by atoms with Crippen molar-refractivity contribution >= 4 is 11.6 Å². The predicted molar refractivity (Wildman–Crippen MR) is 137 cm³/mol. The number of carbonyl (C=O) groups excluding carboxylic acids is 1. The van der Waals surface area contributed by atoms with E-state index in [1.54, 1.807) is 0 Å². The van der Waals surface area contributed by atoms with Crippen molar-refractivity contribution < 1.29 is 9.18 Å². The van der Waals surface area contributed by atoms with Gasteiger partial charge < -0.3 is 9.80 Å². The molecule has 7 nitrogen and oxygen atoms in total. The van der Waals surface area contributed by atoms with E-state index in [0.29, 0.717) is 56.3 Å². The number of hydrogen-bond donors (Lipinski definition) is 1. The van der Waals surface area contributed by atoms with Gasteiger partial charge in [0.25, 0.3) is 0 Å². The van der Waals surface area contributed by atoms with E-state index in [9.17, 15) is 4.79 Å². The van der Waals surface area contributed by atoms with Crippen LogP contribution in [0, 0.1) is 5.82 Å². The summed E-state index contributed by atoms with van der Waals surface area (Å²) in [6, 6.07) is 14.8. The molecule has 0 bridgehead atoms. The molecule has 2 heterocycles. The summed E-state index contributed by atoms with van der Waals surface area (Å²) in [5, 5.41) is 7.16. The molecule has 2 aromatic carbocycles. The van der Waals surface area contributed by atoms with Gasteiger partial charge in [-0.1, -0.05) is 44.2 Å². The lowest BCUT2D eigenvalue weighted by Gasteiger charge is -2.41. The van der Waals surface area contributed by atoms with Crippen LogP contribution in [0.15, 0.2) is 48.5 Å². The topological polar surface area (TPSA) is 68.4 Å². The van der Waals surface area contributed by atoms with E-state index in [4.69, 9.17) is 0 Å². The first-order chi connectivity index (χ1) is 16.9. The summed E-state index contributed by atoms with van der Waals surface area (Å²) >= 11 is 0. The molecule has 3 aromatic rings. The number of aromatic nitrogens is 3. The number of nitrogens with one attached hydrogen (secondary N) is 1. The second-order valence-corrected chi connectivity index (χ2v) is 9.21. The predicted octanol–water partition coefficient (Wildman–Crippen LogP) is 4.47. The molecule has 1 aromatic heterocycles. The average Bonchev–Trinajstić information content (AvgIpc) is 3.37. The van der Waals surface area contributed by atoms with Gasteiger partial charge >= 0.3 is 0 Å². The molecule has 1 unspecified atom stereocenters. The maximum Gasteiger partial charge on any atom is 0.244 e. The van der Waals surface area contributed by atoms with E-state index in [-0.39, 0.29) is 23.7 Å². The number of halogens is 1. The van der Waals surface area contributed by atoms with E-state index in [2.05, 4.69) is 25.0 Å². The van der Waals surface area contributed by atoms with Gasteiger partial charge in [0, 0.05) is 50.7 Å². The summed E-state index contributed by atoms with van der Waals surface area (Å²) in [6.07, 6.45) is 0. The highest BCUT2D eigenvalue weighted by Gasteiger charge is 2.33. The minimum Gasteiger partial charge on any atom is -0.367 e. The number of H-pyrrole nitrogens is 1. The van der Waals surface area contributed by atoms with Crippen molar-refractivity contribution in [2.75, 3.05) is 44.2 Å².